The van der Waals surface area contributed by atoms with Gasteiger partial charge in [0.05, 0.1) is 0 Å². The molecule has 0 saturated heterocycles. The highest BCUT2D eigenvalue weighted by Gasteiger charge is 2.61. The maximum absolute atomic E-state index is 13.2. The summed E-state index contributed by atoms with van der Waals surface area (Å²) in [6.07, 6.45) is -7.81. The lowest BCUT2D eigenvalue weighted by atomic mass is 10.1. The number of alkyl halides is 5. The fourth-order valence-electron chi connectivity index (χ4n) is 2.19. The Morgan fingerprint density at radius 1 is 0.917 bits per heavy atom. The van der Waals surface area contributed by atoms with E-state index in [1.807, 2.05) is 0 Å². The number of halogens is 5. The van der Waals surface area contributed by atoms with E-state index in [1.165, 1.54) is 18.2 Å². The molecule has 0 aromatic heterocycles. The molecule has 0 spiro atoms. The largest absolute Gasteiger partial charge is 0.499 e. The summed E-state index contributed by atoms with van der Waals surface area (Å²) in [5, 5.41) is 0.844. The van der Waals surface area contributed by atoms with Crippen molar-refractivity contribution in [1.82, 2.24) is 0 Å². The van der Waals surface area contributed by atoms with E-state index in [-0.39, 0.29) is 5.39 Å². The molecule has 2 aromatic carbocycles. The normalized spacial score (nSPS) is 12.6. The molecular formula is C17H17F5OS. The van der Waals surface area contributed by atoms with Crippen molar-refractivity contribution in [1.29, 1.82) is 0 Å². The second-order valence-corrected chi connectivity index (χ2v) is 6.42. The number of benzene rings is 2. The first-order valence-corrected chi connectivity index (χ1v) is 8.53. The second-order valence-electron chi connectivity index (χ2n) is 5.28. The van der Waals surface area contributed by atoms with Crippen molar-refractivity contribution >= 4 is 22.5 Å². The van der Waals surface area contributed by atoms with Crippen LogP contribution in [0.2, 0.25) is 0 Å². The number of ether oxygens (including phenoxy) is 1. The van der Waals surface area contributed by atoms with Gasteiger partial charge >= 0.3 is 12.3 Å². The van der Waals surface area contributed by atoms with Crippen LogP contribution in [0.3, 0.4) is 0 Å². The highest BCUT2D eigenvalue weighted by Crippen LogP contribution is 2.41. The third-order valence-corrected chi connectivity index (χ3v) is 4.58. The molecule has 0 radical (unpaired) electrons. The SMILES string of the molecule is CCCCCSc1ccc(OC(F)(F)C(F)(F)F)c2ccccc12. The zero-order valence-corrected chi connectivity index (χ0v) is 13.8. The van der Waals surface area contributed by atoms with Crippen molar-refractivity contribution in [2.75, 3.05) is 5.75 Å². The van der Waals surface area contributed by atoms with E-state index in [1.54, 1.807) is 30.0 Å². The number of unbranched alkanes of at least 4 members (excludes halogenated alkanes) is 2. The fourth-order valence-corrected chi connectivity index (χ4v) is 3.25. The molecule has 2 aromatic rings. The van der Waals surface area contributed by atoms with Gasteiger partial charge in [-0.1, -0.05) is 44.0 Å². The molecule has 0 fully saturated rings. The Balaban J connectivity index is 2.31. The van der Waals surface area contributed by atoms with E-state index >= 15 is 0 Å². The Morgan fingerprint density at radius 2 is 1.58 bits per heavy atom. The number of rotatable bonds is 7. The average Bonchev–Trinajstić information content (AvgIpc) is 2.52. The zero-order chi connectivity index (χ0) is 17.8. The lowest BCUT2D eigenvalue weighted by molar-refractivity contribution is -0.360. The third kappa shape index (κ3) is 4.32. The molecule has 24 heavy (non-hydrogen) atoms. The van der Waals surface area contributed by atoms with Gasteiger partial charge in [-0.25, -0.2) is 0 Å². The molecule has 132 valence electrons. The summed E-state index contributed by atoms with van der Waals surface area (Å²) < 4.78 is 67.4. The standard InChI is InChI=1S/C17H17F5OS/c1-2-3-6-11-24-15-10-9-14(12-7-4-5-8-13(12)15)23-17(21,22)16(18,19)20/h4-5,7-10H,2-3,6,11H2,1H3. The maximum Gasteiger partial charge on any atom is 0.499 e. The van der Waals surface area contributed by atoms with Gasteiger partial charge in [0, 0.05) is 10.3 Å². The predicted octanol–water partition coefficient (Wildman–Crippen LogP) is 6.66. The molecule has 0 amide bonds. The van der Waals surface area contributed by atoms with Crippen LogP contribution in [0.4, 0.5) is 22.0 Å². The quantitative estimate of drug-likeness (QED) is 0.309. The molecule has 0 unspecified atom stereocenters. The van der Waals surface area contributed by atoms with Crippen LogP contribution >= 0.6 is 11.8 Å². The van der Waals surface area contributed by atoms with E-state index in [4.69, 9.17) is 0 Å². The highest BCUT2D eigenvalue weighted by molar-refractivity contribution is 7.99. The van der Waals surface area contributed by atoms with E-state index in [9.17, 15) is 22.0 Å². The molecule has 0 atom stereocenters. The predicted molar refractivity (Wildman–Crippen MR) is 85.8 cm³/mol. The fraction of sp³-hybridized carbons (Fsp3) is 0.412. The van der Waals surface area contributed by atoms with Crippen LogP contribution in [-0.2, 0) is 0 Å². The Labute approximate surface area is 141 Å². The van der Waals surface area contributed by atoms with Crippen molar-refractivity contribution in [2.24, 2.45) is 0 Å². The van der Waals surface area contributed by atoms with Crippen molar-refractivity contribution in [3.05, 3.63) is 36.4 Å². The van der Waals surface area contributed by atoms with Gasteiger partial charge in [0.1, 0.15) is 5.75 Å². The zero-order valence-electron chi connectivity index (χ0n) is 13.0. The number of thioether (sulfide) groups is 1. The van der Waals surface area contributed by atoms with Crippen LogP contribution in [0.25, 0.3) is 10.8 Å². The first-order chi connectivity index (χ1) is 11.3. The van der Waals surface area contributed by atoms with E-state index in [0.29, 0.717) is 5.39 Å². The van der Waals surface area contributed by atoms with Crippen molar-refractivity contribution in [2.45, 2.75) is 43.4 Å². The molecular weight excluding hydrogens is 347 g/mol. The second kappa shape index (κ2) is 7.59. The molecule has 0 aliphatic carbocycles. The minimum Gasteiger partial charge on any atom is -0.425 e. The first-order valence-electron chi connectivity index (χ1n) is 7.54. The van der Waals surface area contributed by atoms with Crippen LogP contribution in [0.5, 0.6) is 5.75 Å². The van der Waals surface area contributed by atoms with Gasteiger partial charge in [-0.15, -0.1) is 11.8 Å². The summed E-state index contributed by atoms with van der Waals surface area (Å²) >= 11 is 1.56. The smallest absolute Gasteiger partial charge is 0.425 e. The number of fused-ring (bicyclic) bond motifs is 1. The van der Waals surface area contributed by atoms with Gasteiger partial charge in [-0.05, 0) is 29.7 Å². The van der Waals surface area contributed by atoms with Crippen LogP contribution in [0, 0.1) is 0 Å². The molecule has 0 bridgehead atoms. The highest BCUT2D eigenvalue weighted by atomic mass is 32.2. The molecule has 0 aliphatic heterocycles. The molecule has 1 nitrogen and oxygen atoms in total. The minimum atomic E-state index is -5.76. The Hall–Kier alpha value is -1.50. The van der Waals surface area contributed by atoms with Gasteiger partial charge in [0.15, 0.2) is 0 Å². The van der Waals surface area contributed by atoms with Crippen LogP contribution in [0.1, 0.15) is 26.2 Å². The number of hydrogen-bond acceptors (Lipinski definition) is 2. The molecule has 0 aliphatic rings. The lowest BCUT2D eigenvalue weighted by Crippen LogP contribution is -2.41. The summed E-state index contributed by atoms with van der Waals surface area (Å²) in [6, 6.07) is 9.16. The van der Waals surface area contributed by atoms with Crippen molar-refractivity contribution in [3.8, 4) is 5.75 Å². The van der Waals surface area contributed by atoms with Crippen molar-refractivity contribution in [3.63, 3.8) is 0 Å². The van der Waals surface area contributed by atoms with Crippen molar-refractivity contribution < 1.29 is 26.7 Å². The van der Waals surface area contributed by atoms with Crippen LogP contribution in [0.15, 0.2) is 41.3 Å². The van der Waals surface area contributed by atoms with Crippen LogP contribution in [-0.4, -0.2) is 18.0 Å². The van der Waals surface area contributed by atoms with E-state index < -0.39 is 18.0 Å². The molecule has 0 heterocycles. The number of hydrogen-bond donors (Lipinski definition) is 0. The topological polar surface area (TPSA) is 9.23 Å². The first kappa shape index (κ1) is 18.8. The van der Waals surface area contributed by atoms with Crippen LogP contribution < -0.4 is 4.74 Å². The molecule has 2 rings (SSSR count). The Kier molecular flexibility index (Phi) is 5.96. The molecule has 0 saturated carbocycles. The maximum atomic E-state index is 13.2. The molecule has 0 N–H and O–H groups in total. The summed E-state index contributed by atoms with van der Waals surface area (Å²) in [5.41, 5.74) is 0. The summed E-state index contributed by atoms with van der Waals surface area (Å²) in [5.74, 6) is 0.377. The van der Waals surface area contributed by atoms with Gasteiger partial charge in [0.25, 0.3) is 0 Å². The summed E-state index contributed by atoms with van der Waals surface area (Å²) in [6.45, 7) is 2.09. The molecule has 7 heteroatoms. The monoisotopic (exact) mass is 364 g/mol. The van der Waals surface area contributed by atoms with Gasteiger partial charge < -0.3 is 4.74 Å². The van der Waals surface area contributed by atoms with E-state index in [0.717, 1.165) is 29.9 Å². The minimum absolute atomic E-state index is 0.238. The third-order valence-electron chi connectivity index (χ3n) is 3.42. The van der Waals surface area contributed by atoms with Gasteiger partial charge in [-0.3, -0.25) is 0 Å². The average molecular weight is 364 g/mol. The lowest BCUT2D eigenvalue weighted by Gasteiger charge is -2.21. The summed E-state index contributed by atoms with van der Waals surface area (Å²) in [4.78, 5) is 0.837. The summed E-state index contributed by atoms with van der Waals surface area (Å²) in [7, 11) is 0. The van der Waals surface area contributed by atoms with Gasteiger partial charge in [-0.2, -0.15) is 22.0 Å². The Bertz CT molecular complexity index is 684. The van der Waals surface area contributed by atoms with E-state index in [2.05, 4.69) is 11.7 Å². The Morgan fingerprint density at radius 3 is 2.21 bits per heavy atom. The van der Waals surface area contributed by atoms with Gasteiger partial charge in [0.2, 0.25) is 0 Å².